The van der Waals surface area contributed by atoms with Crippen LogP contribution in [0.2, 0.25) is 0 Å². The van der Waals surface area contributed by atoms with Crippen LogP contribution in [0, 0.1) is 0 Å². The first-order chi connectivity index (χ1) is 15.5. The fourth-order valence-corrected chi connectivity index (χ4v) is 4.63. The summed E-state index contributed by atoms with van der Waals surface area (Å²) in [4.78, 5) is 5.05. The Kier molecular flexibility index (Phi) is 7.18. The first-order valence-corrected chi connectivity index (χ1v) is 11.9. The first-order valence-electron chi connectivity index (χ1n) is 10.4. The number of halogens is 2. The summed E-state index contributed by atoms with van der Waals surface area (Å²) in [5.74, 6) is 1.83. The number of phenolic OH excluding ortho intramolecular Hbond substituents is 1. The zero-order valence-electron chi connectivity index (χ0n) is 17.8. The predicted octanol–water partition coefficient (Wildman–Crippen LogP) is 6.55. The van der Waals surface area contributed by atoms with Crippen molar-refractivity contribution in [1.29, 1.82) is 0 Å². The number of hydrogen-bond donors (Lipinski definition) is 2. The Bertz CT molecular complexity index is 1130. The van der Waals surface area contributed by atoms with Gasteiger partial charge in [-0.15, -0.1) is 0 Å². The van der Waals surface area contributed by atoms with Crippen LogP contribution in [0.1, 0.15) is 42.2 Å². The Labute approximate surface area is 204 Å². The van der Waals surface area contributed by atoms with Crippen LogP contribution in [0.3, 0.4) is 0 Å². The molecule has 4 rings (SSSR count). The molecule has 7 heteroatoms. The molecule has 0 spiro atoms. The third-order valence-electron chi connectivity index (χ3n) is 5.39. The van der Waals surface area contributed by atoms with Crippen LogP contribution >= 0.6 is 31.9 Å². The van der Waals surface area contributed by atoms with Crippen LogP contribution in [0.25, 0.3) is 0 Å². The summed E-state index contributed by atoms with van der Waals surface area (Å²) in [5, 5.41) is 14.2. The number of benzene rings is 3. The normalized spacial score (nSPS) is 18.2. The van der Waals surface area contributed by atoms with E-state index in [0.29, 0.717) is 13.0 Å². The van der Waals surface area contributed by atoms with Crippen molar-refractivity contribution in [2.75, 3.05) is 13.7 Å². The Morgan fingerprint density at radius 1 is 1.00 bits per heavy atom. The van der Waals surface area contributed by atoms with E-state index >= 15 is 0 Å². The second-order valence-electron chi connectivity index (χ2n) is 7.45. The molecule has 2 atom stereocenters. The number of hydrogen-bond acceptors (Lipinski definition) is 5. The molecule has 0 bridgehead atoms. The third-order valence-corrected chi connectivity index (χ3v) is 6.38. The molecule has 1 aliphatic rings. The van der Waals surface area contributed by atoms with E-state index in [-0.39, 0.29) is 18.0 Å². The lowest BCUT2D eigenvalue weighted by Crippen LogP contribution is -2.33. The van der Waals surface area contributed by atoms with Crippen molar-refractivity contribution in [2.45, 2.75) is 25.6 Å². The highest BCUT2D eigenvalue weighted by molar-refractivity contribution is 9.10. The average Bonchev–Trinajstić information content (AvgIpc) is 2.81. The predicted molar refractivity (Wildman–Crippen MR) is 134 cm³/mol. The third kappa shape index (κ3) is 5.00. The summed E-state index contributed by atoms with van der Waals surface area (Å²) in [6.07, 6.45) is 0.284. The Balaban J connectivity index is 1.78. The standard InChI is InChI=1S/C25H24Br2N2O3/c1-3-32-18-8-4-15(5-9-18)21-14-22(19-12-16(26)6-10-23(19)30)29-25(28-21)20-13-17(27)7-11-24(20)31-2/h4-13,22,25,29-30H,3,14H2,1-2H3/t22-,25+/m0/s1. The molecule has 5 nitrogen and oxygen atoms in total. The Morgan fingerprint density at radius 3 is 2.38 bits per heavy atom. The summed E-state index contributed by atoms with van der Waals surface area (Å²) >= 11 is 7.09. The van der Waals surface area contributed by atoms with E-state index in [2.05, 4.69) is 37.2 Å². The molecule has 0 saturated carbocycles. The molecule has 1 heterocycles. The van der Waals surface area contributed by atoms with E-state index < -0.39 is 0 Å². The van der Waals surface area contributed by atoms with Gasteiger partial charge in [-0.25, -0.2) is 0 Å². The van der Waals surface area contributed by atoms with Gasteiger partial charge in [0, 0.05) is 38.2 Å². The lowest BCUT2D eigenvalue weighted by molar-refractivity contribution is 0.340. The van der Waals surface area contributed by atoms with Gasteiger partial charge in [0.25, 0.3) is 0 Å². The lowest BCUT2D eigenvalue weighted by Gasteiger charge is -2.31. The van der Waals surface area contributed by atoms with E-state index in [0.717, 1.165) is 42.8 Å². The van der Waals surface area contributed by atoms with Crippen molar-refractivity contribution in [1.82, 2.24) is 5.32 Å². The van der Waals surface area contributed by atoms with Gasteiger partial charge in [-0.1, -0.05) is 31.9 Å². The van der Waals surface area contributed by atoms with E-state index in [1.165, 1.54) is 0 Å². The molecule has 32 heavy (non-hydrogen) atoms. The lowest BCUT2D eigenvalue weighted by atomic mass is 9.93. The molecular formula is C25H24Br2N2O3. The van der Waals surface area contributed by atoms with Crippen LogP contribution in [-0.4, -0.2) is 24.5 Å². The van der Waals surface area contributed by atoms with Gasteiger partial charge in [0.2, 0.25) is 0 Å². The molecular weight excluding hydrogens is 536 g/mol. The number of phenols is 1. The quantitative estimate of drug-likeness (QED) is 0.359. The molecule has 0 fully saturated rings. The summed E-state index contributed by atoms with van der Waals surface area (Å²) in [6, 6.07) is 19.2. The fourth-order valence-electron chi connectivity index (χ4n) is 3.87. The number of methoxy groups -OCH3 is 1. The van der Waals surface area contributed by atoms with Crippen LogP contribution in [0.4, 0.5) is 0 Å². The largest absolute Gasteiger partial charge is 0.508 e. The maximum atomic E-state index is 10.6. The van der Waals surface area contributed by atoms with Gasteiger partial charge < -0.3 is 14.6 Å². The monoisotopic (exact) mass is 558 g/mol. The molecule has 0 radical (unpaired) electrons. The summed E-state index contributed by atoms with van der Waals surface area (Å²) < 4.78 is 13.1. The minimum Gasteiger partial charge on any atom is -0.508 e. The molecule has 3 aromatic carbocycles. The zero-order valence-corrected chi connectivity index (χ0v) is 21.0. The highest BCUT2D eigenvalue weighted by atomic mass is 79.9. The molecule has 1 aliphatic heterocycles. The minimum absolute atomic E-state index is 0.139. The Morgan fingerprint density at radius 2 is 1.69 bits per heavy atom. The smallest absolute Gasteiger partial charge is 0.130 e. The number of aromatic hydroxyl groups is 1. The van der Waals surface area contributed by atoms with Crippen molar-refractivity contribution < 1.29 is 14.6 Å². The minimum atomic E-state index is -0.346. The van der Waals surface area contributed by atoms with Crippen molar-refractivity contribution >= 4 is 37.6 Å². The molecule has 0 amide bonds. The maximum absolute atomic E-state index is 10.6. The Hall–Kier alpha value is -2.35. The zero-order chi connectivity index (χ0) is 22.7. The van der Waals surface area contributed by atoms with Crippen LogP contribution in [0.5, 0.6) is 17.2 Å². The number of ether oxygens (including phenoxy) is 2. The first kappa shape index (κ1) is 22.8. The van der Waals surface area contributed by atoms with Crippen molar-refractivity contribution in [2.24, 2.45) is 4.99 Å². The molecule has 2 N–H and O–H groups in total. The topological polar surface area (TPSA) is 63.1 Å². The van der Waals surface area contributed by atoms with E-state index in [4.69, 9.17) is 14.5 Å². The van der Waals surface area contributed by atoms with Gasteiger partial charge >= 0.3 is 0 Å². The molecule has 0 aliphatic carbocycles. The number of nitrogens with one attached hydrogen (secondary N) is 1. The van der Waals surface area contributed by atoms with Crippen molar-refractivity contribution in [3.05, 3.63) is 86.3 Å². The van der Waals surface area contributed by atoms with Gasteiger partial charge in [0.05, 0.1) is 13.7 Å². The second-order valence-corrected chi connectivity index (χ2v) is 9.28. The molecule has 0 unspecified atom stereocenters. The van der Waals surface area contributed by atoms with Gasteiger partial charge in [-0.3, -0.25) is 10.3 Å². The maximum Gasteiger partial charge on any atom is 0.130 e. The van der Waals surface area contributed by atoms with Gasteiger partial charge in [-0.2, -0.15) is 0 Å². The van der Waals surface area contributed by atoms with E-state index in [9.17, 15) is 5.11 Å². The summed E-state index contributed by atoms with van der Waals surface area (Å²) in [5.41, 5.74) is 3.71. The number of nitrogens with zero attached hydrogens (tertiary/aromatic N) is 1. The second kappa shape index (κ2) is 10.1. The van der Waals surface area contributed by atoms with E-state index in [1.807, 2.05) is 61.5 Å². The van der Waals surface area contributed by atoms with Crippen molar-refractivity contribution in [3.63, 3.8) is 0 Å². The van der Waals surface area contributed by atoms with Crippen LogP contribution in [0.15, 0.2) is 74.6 Å². The molecule has 166 valence electrons. The highest BCUT2D eigenvalue weighted by Gasteiger charge is 2.29. The van der Waals surface area contributed by atoms with Crippen molar-refractivity contribution in [3.8, 4) is 17.2 Å². The van der Waals surface area contributed by atoms with Crippen LogP contribution in [-0.2, 0) is 0 Å². The number of aliphatic imine (C=N–C) groups is 1. The number of rotatable bonds is 6. The molecule has 3 aromatic rings. The van der Waals surface area contributed by atoms with Gasteiger partial charge in [0.15, 0.2) is 0 Å². The molecule has 0 aromatic heterocycles. The van der Waals surface area contributed by atoms with Gasteiger partial charge in [-0.05, 0) is 73.2 Å². The van der Waals surface area contributed by atoms with Gasteiger partial charge in [0.1, 0.15) is 23.4 Å². The average molecular weight is 560 g/mol. The highest BCUT2D eigenvalue weighted by Crippen LogP contribution is 2.38. The summed E-state index contributed by atoms with van der Waals surface area (Å²) in [7, 11) is 1.66. The fraction of sp³-hybridized carbons (Fsp3) is 0.240. The van der Waals surface area contributed by atoms with E-state index in [1.54, 1.807) is 13.2 Å². The summed E-state index contributed by atoms with van der Waals surface area (Å²) in [6.45, 7) is 2.59. The SMILES string of the molecule is CCOc1ccc(C2=N[C@@H](c3cc(Br)ccc3OC)N[C@H](c3cc(Br)ccc3O)C2)cc1. The van der Waals surface area contributed by atoms with Crippen LogP contribution < -0.4 is 14.8 Å². The molecule has 0 saturated heterocycles.